The number of halogens is 2. The molecular formula is C11H12FIN2O. The van der Waals surface area contributed by atoms with Crippen molar-refractivity contribution in [2.75, 3.05) is 18.4 Å². The summed E-state index contributed by atoms with van der Waals surface area (Å²) in [6.45, 7) is 1.61. The maximum atomic E-state index is 12.9. The van der Waals surface area contributed by atoms with E-state index >= 15 is 0 Å². The van der Waals surface area contributed by atoms with Crippen LogP contribution in [0, 0.1) is 15.3 Å². The van der Waals surface area contributed by atoms with Crippen LogP contribution in [0.1, 0.15) is 6.42 Å². The highest BCUT2D eigenvalue weighted by atomic mass is 127. The number of hydrogen-bond donors (Lipinski definition) is 2. The number of rotatable bonds is 2. The fourth-order valence-electron chi connectivity index (χ4n) is 1.70. The summed E-state index contributed by atoms with van der Waals surface area (Å²) in [7, 11) is 0. The molecule has 0 spiro atoms. The molecule has 3 nitrogen and oxygen atoms in total. The molecule has 0 aliphatic carbocycles. The van der Waals surface area contributed by atoms with Gasteiger partial charge in [0.15, 0.2) is 0 Å². The second-order valence-electron chi connectivity index (χ2n) is 3.80. The second kappa shape index (κ2) is 5.09. The minimum Gasteiger partial charge on any atom is -0.325 e. The lowest BCUT2D eigenvalue weighted by atomic mass is 10.1. The van der Waals surface area contributed by atoms with Crippen LogP contribution >= 0.6 is 22.6 Å². The minimum atomic E-state index is -0.287. The summed E-state index contributed by atoms with van der Waals surface area (Å²) in [4.78, 5) is 11.8. The van der Waals surface area contributed by atoms with Gasteiger partial charge in [0.05, 0.1) is 11.6 Å². The maximum absolute atomic E-state index is 12.9. The highest BCUT2D eigenvalue weighted by Gasteiger charge is 2.22. The zero-order valence-corrected chi connectivity index (χ0v) is 10.8. The molecule has 1 aromatic rings. The Balaban J connectivity index is 2.05. The highest BCUT2D eigenvalue weighted by molar-refractivity contribution is 14.1. The number of hydrogen-bond acceptors (Lipinski definition) is 2. The molecule has 0 aromatic heterocycles. The van der Waals surface area contributed by atoms with Gasteiger partial charge in [-0.25, -0.2) is 4.39 Å². The van der Waals surface area contributed by atoms with E-state index in [1.807, 2.05) is 22.6 Å². The van der Waals surface area contributed by atoms with E-state index < -0.39 is 0 Å². The van der Waals surface area contributed by atoms with Gasteiger partial charge in [-0.05, 0) is 53.8 Å². The number of nitrogens with one attached hydrogen (secondary N) is 2. The lowest BCUT2D eigenvalue weighted by molar-refractivity contribution is -0.119. The molecule has 0 saturated carbocycles. The lowest BCUT2D eigenvalue weighted by Crippen LogP contribution is -2.25. The fraction of sp³-hybridized carbons (Fsp3) is 0.364. The second-order valence-corrected chi connectivity index (χ2v) is 4.97. The van der Waals surface area contributed by atoms with Crippen molar-refractivity contribution in [3.8, 4) is 0 Å². The summed E-state index contributed by atoms with van der Waals surface area (Å²) in [5.41, 5.74) is 0.680. The van der Waals surface area contributed by atoms with Gasteiger partial charge in [-0.2, -0.15) is 0 Å². The van der Waals surface area contributed by atoms with Crippen LogP contribution in [0.3, 0.4) is 0 Å². The Morgan fingerprint density at radius 3 is 3.00 bits per heavy atom. The average molecular weight is 334 g/mol. The third-order valence-corrected chi connectivity index (χ3v) is 3.51. The Morgan fingerprint density at radius 2 is 2.38 bits per heavy atom. The molecule has 1 atom stereocenters. The smallest absolute Gasteiger partial charge is 0.228 e. The molecule has 1 amide bonds. The number of carbonyl (C=O) groups excluding carboxylic acids is 1. The van der Waals surface area contributed by atoms with Crippen molar-refractivity contribution in [3.63, 3.8) is 0 Å². The SMILES string of the molecule is O=C(Nc1ccc(F)cc1I)C1CCNC1. The van der Waals surface area contributed by atoms with Crippen molar-refractivity contribution < 1.29 is 9.18 Å². The summed E-state index contributed by atoms with van der Waals surface area (Å²) >= 11 is 2.01. The van der Waals surface area contributed by atoms with E-state index in [1.165, 1.54) is 12.1 Å². The first kappa shape index (κ1) is 11.8. The molecule has 1 aliphatic heterocycles. The van der Waals surface area contributed by atoms with Gasteiger partial charge in [-0.15, -0.1) is 0 Å². The molecule has 2 rings (SSSR count). The van der Waals surface area contributed by atoms with Gasteiger partial charge < -0.3 is 10.6 Å². The Kier molecular flexibility index (Phi) is 3.75. The molecule has 1 unspecified atom stereocenters. The Bertz CT molecular complexity index is 405. The predicted molar refractivity (Wildman–Crippen MR) is 68.7 cm³/mol. The van der Waals surface area contributed by atoms with E-state index in [0.717, 1.165) is 23.1 Å². The topological polar surface area (TPSA) is 41.1 Å². The number of carbonyl (C=O) groups is 1. The molecule has 1 heterocycles. The first-order valence-corrected chi connectivity index (χ1v) is 6.21. The van der Waals surface area contributed by atoms with E-state index in [4.69, 9.17) is 0 Å². The third-order valence-electron chi connectivity index (χ3n) is 2.62. The quantitative estimate of drug-likeness (QED) is 0.812. The van der Waals surface area contributed by atoms with Crippen molar-refractivity contribution in [2.45, 2.75) is 6.42 Å². The molecule has 16 heavy (non-hydrogen) atoms. The maximum Gasteiger partial charge on any atom is 0.228 e. The van der Waals surface area contributed by atoms with Gasteiger partial charge >= 0.3 is 0 Å². The summed E-state index contributed by atoms with van der Waals surface area (Å²) in [6.07, 6.45) is 0.865. The normalized spacial score (nSPS) is 19.8. The molecule has 1 fully saturated rings. The lowest BCUT2D eigenvalue weighted by Gasteiger charge is -2.11. The zero-order valence-electron chi connectivity index (χ0n) is 8.59. The average Bonchev–Trinajstić information content (AvgIpc) is 2.75. The predicted octanol–water partition coefficient (Wildman–Crippen LogP) is 1.98. The Labute approximate surface area is 107 Å². The molecule has 5 heteroatoms. The van der Waals surface area contributed by atoms with Crippen LogP contribution in [0.15, 0.2) is 18.2 Å². The fourth-order valence-corrected chi connectivity index (χ4v) is 2.32. The van der Waals surface area contributed by atoms with Crippen LogP contribution in [-0.2, 0) is 4.79 Å². The van der Waals surface area contributed by atoms with E-state index in [1.54, 1.807) is 6.07 Å². The number of anilines is 1. The van der Waals surface area contributed by atoms with Gasteiger partial charge in [0.25, 0.3) is 0 Å². The summed E-state index contributed by atoms with van der Waals surface area (Å²) in [5, 5.41) is 5.97. The first-order valence-electron chi connectivity index (χ1n) is 5.13. The van der Waals surface area contributed by atoms with Crippen molar-refractivity contribution in [3.05, 3.63) is 27.6 Å². The molecule has 0 bridgehead atoms. The van der Waals surface area contributed by atoms with Crippen LogP contribution in [0.2, 0.25) is 0 Å². The summed E-state index contributed by atoms with van der Waals surface area (Å²) in [5.74, 6) is -0.250. The van der Waals surface area contributed by atoms with E-state index in [0.29, 0.717) is 5.69 Å². The highest BCUT2D eigenvalue weighted by Crippen LogP contribution is 2.20. The number of benzene rings is 1. The van der Waals surface area contributed by atoms with Crippen LogP contribution in [0.4, 0.5) is 10.1 Å². The van der Waals surface area contributed by atoms with Gasteiger partial charge in [-0.1, -0.05) is 0 Å². The monoisotopic (exact) mass is 334 g/mol. The molecule has 86 valence electrons. The van der Waals surface area contributed by atoms with E-state index in [2.05, 4.69) is 10.6 Å². The Hall–Kier alpha value is -0.690. The molecule has 2 N–H and O–H groups in total. The molecule has 0 radical (unpaired) electrons. The molecule has 1 aromatic carbocycles. The van der Waals surface area contributed by atoms with Crippen LogP contribution in [0.5, 0.6) is 0 Å². The largest absolute Gasteiger partial charge is 0.325 e. The van der Waals surface area contributed by atoms with Gasteiger partial charge in [-0.3, -0.25) is 4.79 Å². The van der Waals surface area contributed by atoms with Gasteiger partial charge in [0.2, 0.25) is 5.91 Å². The van der Waals surface area contributed by atoms with Crippen LogP contribution in [0.25, 0.3) is 0 Å². The van der Waals surface area contributed by atoms with Crippen molar-refractivity contribution >= 4 is 34.2 Å². The van der Waals surface area contributed by atoms with Crippen molar-refractivity contribution in [1.29, 1.82) is 0 Å². The zero-order chi connectivity index (χ0) is 11.5. The van der Waals surface area contributed by atoms with Gasteiger partial charge in [0.1, 0.15) is 5.82 Å². The van der Waals surface area contributed by atoms with Crippen LogP contribution < -0.4 is 10.6 Å². The summed E-state index contributed by atoms with van der Waals surface area (Å²) < 4.78 is 13.6. The minimum absolute atomic E-state index is 0.00882. The standard InChI is InChI=1S/C11H12FIN2O/c12-8-1-2-10(9(13)5-8)15-11(16)7-3-4-14-6-7/h1-2,5,7,14H,3-4,6H2,(H,15,16). The molecular weight excluding hydrogens is 322 g/mol. The summed E-state index contributed by atoms with van der Waals surface area (Å²) in [6, 6.07) is 4.35. The Morgan fingerprint density at radius 1 is 1.56 bits per heavy atom. The van der Waals surface area contributed by atoms with E-state index in [9.17, 15) is 9.18 Å². The van der Waals surface area contributed by atoms with E-state index in [-0.39, 0.29) is 17.6 Å². The van der Waals surface area contributed by atoms with Gasteiger partial charge in [0, 0.05) is 10.1 Å². The first-order chi connectivity index (χ1) is 7.66. The van der Waals surface area contributed by atoms with Crippen molar-refractivity contribution in [2.24, 2.45) is 5.92 Å². The molecule has 1 saturated heterocycles. The third kappa shape index (κ3) is 2.70. The number of amides is 1. The van der Waals surface area contributed by atoms with Crippen LogP contribution in [-0.4, -0.2) is 19.0 Å². The molecule has 1 aliphatic rings. The van der Waals surface area contributed by atoms with Crippen molar-refractivity contribution in [1.82, 2.24) is 5.32 Å².